The Labute approximate surface area is 117 Å². The molecule has 2 aromatic carbocycles. The smallest absolute Gasteiger partial charge is 0.341 e. The van der Waals surface area contributed by atoms with Crippen molar-refractivity contribution in [3.8, 4) is 12.3 Å². The zero-order valence-corrected chi connectivity index (χ0v) is 10.7. The van der Waals surface area contributed by atoms with Crippen LogP contribution in [0.25, 0.3) is 0 Å². The van der Waals surface area contributed by atoms with Crippen molar-refractivity contribution in [2.45, 2.75) is 5.79 Å². The second-order valence-electron chi connectivity index (χ2n) is 4.41. The summed E-state index contributed by atoms with van der Waals surface area (Å²) < 4.78 is 11.3. The summed E-state index contributed by atoms with van der Waals surface area (Å²) in [5.74, 6) is 0.771. The van der Waals surface area contributed by atoms with Crippen LogP contribution in [-0.4, -0.2) is 12.6 Å². The van der Waals surface area contributed by atoms with Crippen LogP contribution in [0.4, 0.5) is 0 Å². The molecule has 3 nitrogen and oxygen atoms in total. The third-order valence-corrected chi connectivity index (χ3v) is 3.25. The van der Waals surface area contributed by atoms with E-state index in [1.807, 2.05) is 42.5 Å². The summed E-state index contributed by atoms with van der Waals surface area (Å²) in [5, 5.41) is 0. The molecule has 0 spiro atoms. The van der Waals surface area contributed by atoms with Crippen molar-refractivity contribution in [2.24, 2.45) is 0 Å². The number of fused-ring (bicyclic) bond motifs is 1. The van der Waals surface area contributed by atoms with Gasteiger partial charge in [-0.2, -0.15) is 0 Å². The van der Waals surface area contributed by atoms with Crippen molar-refractivity contribution >= 4 is 5.97 Å². The van der Waals surface area contributed by atoms with Gasteiger partial charge in [-0.1, -0.05) is 54.5 Å². The summed E-state index contributed by atoms with van der Waals surface area (Å²) in [5.41, 5.74) is 1.94. The molecule has 0 saturated carbocycles. The number of esters is 1. The molecule has 1 atom stereocenters. The molecule has 20 heavy (non-hydrogen) atoms. The number of carbonyl (C=O) groups excluding carboxylic acids is 1. The first-order valence-electron chi connectivity index (χ1n) is 6.24. The summed E-state index contributed by atoms with van der Waals surface area (Å²) >= 11 is 0. The highest BCUT2D eigenvalue weighted by Crippen LogP contribution is 2.42. The second-order valence-corrected chi connectivity index (χ2v) is 4.41. The van der Waals surface area contributed by atoms with Crippen molar-refractivity contribution in [2.75, 3.05) is 6.61 Å². The molecule has 0 fully saturated rings. The number of hydrogen-bond donors (Lipinski definition) is 0. The van der Waals surface area contributed by atoms with Crippen LogP contribution < -0.4 is 0 Å². The zero-order chi connectivity index (χ0) is 14.0. The van der Waals surface area contributed by atoms with Gasteiger partial charge in [0.05, 0.1) is 5.56 Å². The van der Waals surface area contributed by atoms with E-state index in [9.17, 15) is 4.79 Å². The van der Waals surface area contributed by atoms with Gasteiger partial charge in [-0.25, -0.2) is 4.79 Å². The van der Waals surface area contributed by atoms with Gasteiger partial charge >= 0.3 is 5.97 Å². The Balaban J connectivity index is 2.19. The largest absolute Gasteiger partial charge is 0.420 e. The van der Waals surface area contributed by atoms with Crippen molar-refractivity contribution in [3.63, 3.8) is 0 Å². The third-order valence-electron chi connectivity index (χ3n) is 3.25. The maximum atomic E-state index is 12.1. The lowest BCUT2D eigenvalue weighted by molar-refractivity contribution is -0.165. The molecule has 0 aliphatic carbocycles. The summed E-state index contributed by atoms with van der Waals surface area (Å²) in [6, 6.07) is 16.5. The molecular weight excluding hydrogens is 252 g/mol. The van der Waals surface area contributed by atoms with Gasteiger partial charge in [0.1, 0.15) is 6.61 Å². The third kappa shape index (κ3) is 1.78. The van der Waals surface area contributed by atoms with Gasteiger partial charge in [0, 0.05) is 11.1 Å². The zero-order valence-electron chi connectivity index (χ0n) is 10.7. The standard InChI is InChI=1S/C17H12O3/c1-2-12-19-17(13-8-4-3-5-9-13)15-11-7-6-10-14(15)16(18)20-17/h1,3-11H,12H2/t17-/m1/s1. The number of carbonyl (C=O) groups is 1. The highest BCUT2D eigenvalue weighted by molar-refractivity contribution is 5.95. The van der Waals surface area contributed by atoms with Crippen molar-refractivity contribution in [3.05, 3.63) is 71.3 Å². The van der Waals surface area contributed by atoms with Gasteiger partial charge in [0.25, 0.3) is 5.79 Å². The number of terminal acetylenes is 1. The fraction of sp³-hybridized carbons (Fsp3) is 0.118. The van der Waals surface area contributed by atoms with E-state index in [-0.39, 0.29) is 6.61 Å². The molecule has 3 heteroatoms. The Morgan fingerprint density at radius 3 is 2.55 bits per heavy atom. The molecule has 2 aromatic rings. The lowest BCUT2D eigenvalue weighted by Gasteiger charge is -2.28. The summed E-state index contributed by atoms with van der Waals surface area (Å²) in [6.45, 7) is 0.0521. The minimum absolute atomic E-state index is 0.0521. The van der Waals surface area contributed by atoms with Crippen LogP contribution in [-0.2, 0) is 15.3 Å². The van der Waals surface area contributed by atoms with Crippen LogP contribution in [0.2, 0.25) is 0 Å². The summed E-state index contributed by atoms with van der Waals surface area (Å²) in [6.07, 6.45) is 5.28. The fourth-order valence-corrected chi connectivity index (χ4v) is 2.39. The normalized spacial score (nSPS) is 20.1. The Morgan fingerprint density at radius 2 is 1.80 bits per heavy atom. The minimum atomic E-state index is -1.25. The van der Waals surface area contributed by atoms with Gasteiger partial charge < -0.3 is 9.47 Å². The number of hydrogen-bond acceptors (Lipinski definition) is 3. The maximum Gasteiger partial charge on any atom is 0.341 e. The number of cyclic esters (lactones) is 1. The molecule has 0 radical (unpaired) electrons. The van der Waals surface area contributed by atoms with Gasteiger partial charge in [-0.3, -0.25) is 0 Å². The lowest BCUT2D eigenvalue weighted by atomic mass is 9.95. The average molecular weight is 264 g/mol. The Hall–Kier alpha value is -2.57. The van der Waals surface area contributed by atoms with E-state index >= 15 is 0 Å². The predicted molar refractivity (Wildman–Crippen MR) is 73.9 cm³/mol. The van der Waals surface area contributed by atoms with E-state index in [0.717, 1.165) is 5.56 Å². The lowest BCUT2D eigenvalue weighted by Crippen LogP contribution is -2.31. The first kappa shape index (κ1) is 12.5. The van der Waals surface area contributed by atoms with E-state index in [1.54, 1.807) is 12.1 Å². The van der Waals surface area contributed by atoms with E-state index < -0.39 is 11.8 Å². The molecule has 1 aliphatic rings. The highest BCUT2D eigenvalue weighted by atomic mass is 16.7. The van der Waals surface area contributed by atoms with E-state index in [2.05, 4.69) is 5.92 Å². The van der Waals surface area contributed by atoms with E-state index in [1.165, 1.54) is 0 Å². The average Bonchev–Trinajstić information content (AvgIpc) is 2.80. The van der Waals surface area contributed by atoms with Gasteiger partial charge in [0.2, 0.25) is 0 Å². The van der Waals surface area contributed by atoms with Crippen LogP contribution >= 0.6 is 0 Å². The molecule has 0 amide bonds. The number of benzene rings is 2. The Morgan fingerprint density at radius 1 is 1.10 bits per heavy atom. The van der Waals surface area contributed by atoms with Crippen LogP contribution in [0.15, 0.2) is 54.6 Å². The summed E-state index contributed by atoms with van der Waals surface area (Å²) in [4.78, 5) is 12.1. The molecule has 0 bridgehead atoms. The van der Waals surface area contributed by atoms with Crippen molar-refractivity contribution in [1.82, 2.24) is 0 Å². The molecule has 1 heterocycles. The molecule has 3 rings (SSSR count). The fourth-order valence-electron chi connectivity index (χ4n) is 2.39. The molecular formula is C17H12O3. The van der Waals surface area contributed by atoms with Gasteiger partial charge in [-0.05, 0) is 6.07 Å². The second kappa shape index (κ2) is 4.84. The quantitative estimate of drug-likeness (QED) is 0.631. The first-order valence-corrected chi connectivity index (χ1v) is 6.24. The van der Waals surface area contributed by atoms with Crippen molar-refractivity contribution in [1.29, 1.82) is 0 Å². The van der Waals surface area contributed by atoms with E-state index in [0.29, 0.717) is 11.1 Å². The molecule has 0 saturated heterocycles. The first-order chi connectivity index (χ1) is 9.78. The molecule has 1 aliphatic heterocycles. The molecule has 0 N–H and O–H groups in total. The molecule has 0 unspecified atom stereocenters. The van der Waals surface area contributed by atoms with Crippen LogP contribution in [0.3, 0.4) is 0 Å². The molecule has 0 aromatic heterocycles. The van der Waals surface area contributed by atoms with E-state index in [4.69, 9.17) is 15.9 Å². The minimum Gasteiger partial charge on any atom is -0.420 e. The maximum absolute atomic E-state index is 12.1. The Bertz CT molecular complexity index is 685. The summed E-state index contributed by atoms with van der Waals surface area (Å²) in [7, 11) is 0. The monoisotopic (exact) mass is 264 g/mol. The topological polar surface area (TPSA) is 35.5 Å². The van der Waals surface area contributed by atoms with Gasteiger partial charge in [-0.15, -0.1) is 6.42 Å². The highest BCUT2D eigenvalue weighted by Gasteiger charge is 2.48. The van der Waals surface area contributed by atoms with Crippen LogP contribution in [0.5, 0.6) is 0 Å². The SMILES string of the molecule is C#CCO[C@]1(c2ccccc2)OC(=O)c2ccccc21. The Kier molecular flexibility index (Phi) is 3.02. The number of ether oxygens (including phenoxy) is 2. The van der Waals surface area contributed by atoms with Crippen LogP contribution in [0, 0.1) is 12.3 Å². The van der Waals surface area contributed by atoms with Crippen LogP contribution in [0.1, 0.15) is 21.5 Å². The van der Waals surface area contributed by atoms with Gasteiger partial charge in [0.15, 0.2) is 0 Å². The predicted octanol–water partition coefficient (Wildman–Crippen LogP) is 2.71. The molecule has 98 valence electrons. The number of rotatable bonds is 3. The van der Waals surface area contributed by atoms with Crippen molar-refractivity contribution < 1.29 is 14.3 Å².